The van der Waals surface area contributed by atoms with Gasteiger partial charge >= 0.3 is 0 Å². The van der Waals surface area contributed by atoms with Crippen LogP contribution in [0.3, 0.4) is 0 Å². The van der Waals surface area contributed by atoms with Gasteiger partial charge in [0.05, 0.1) is 19.8 Å². The number of likely N-dealkylation sites (tertiary alicyclic amines) is 1. The molecule has 3 aromatic rings. The number of pyridine rings is 1. The number of piperidine rings is 1. The van der Waals surface area contributed by atoms with Gasteiger partial charge in [-0.05, 0) is 49.4 Å². The molecule has 0 radical (unpaired) electrons. The maximum absolute atomic E-state index is 13.0. The molecule has 2 aromatic heterocycles. The fourth-order valence-electron chi connectivity index (χ4n) is 4.52. The minimum atomic E-state index is -0.0861. The van der Waals surface area contributed by atoms with Crippen molar-refractivity contribution in [3.05, 3.63) is 54.0 Å². The van der Waals surface area contributed by atoms with E-state index in [0.29, 0.717) is 35.2 Å². The van der Waals surface area contributed by atoms with E-state index in [-0.39, 0.29) is 11.8 Å². The summed E-state index contributed by atoms with van der Waals surface area (Å²) in [6, 6.07) is 8.99. The van der Waals surface area contributed by atoms with Crippen molar-refractivity contribution in [2.24, 2.45) is 5.92 Å². The molecule has 1 aliphatic rings. The minimum Gasteiger partial charge on any atom is -0.497 e. The second kappa shape index (κ2) is 11.0. The molecule has 4 rings (SSSR count). The highest BCUT2D eigenvalue weighted by Gasteiger charge is 2.25. The van der Waals surface area contributed by atoms with Crippen LogP contribution in [-0.2, 0) is 0 Å². The van der Waals surface area contributed by atoms with E-state index in [1.54, 1.807) is 44.8 Å². The van der Waals surface area contributed by atoms with Crippen molar-refractivity contribution in [3.63, 3.8) is 0 Å². The number of amides is 2. The van der Waals surface area contributed by atoms with Crippen LogP contribution < -0.4 is 14.8 Å². The number of rotatable bonds is 9. The Hall–Kier alpha value is -3.55. The average molecular weight is 465 g/mol. The lowest BCUT2D eigenvalue weighted by atomic mass is 9.91. The van der Waals surface area contributed by atoms with Crippen LogP contribution in [0.2, 0.25) is 0 Å². The molecule has 1 aliphatic heterocycles. The van der Waals surface area contributed by atoms with Crippen LogP contribution in [0.4, 0.5) is 0 Å². The molecule has 0 bridgehead atoms. The summed E-state index contributed by atoms with van der Waals surface area (Å²) in [6.07, 6.45) is 8.56. The molecule has 2 N–H and O–H groups in total. The van der Waals surface area contributed by atoms with Gasteiger partial charge in [0.15, 0.2) is 0 Å². The van der Waals surface area contributed by atoms with E-state index < -0.39 is 0 Å². The van der Waals surface area contributed by atoms with Gasteiger partial charge in [-0.25, -0.2) is 0 Å². The van der Waals surface area contributed by atoms with Crippen LogP contribution in [0.25, 0.3) is 10.9 Å². The molecule has 8 nitrogen and oxygen atoms in total. The van der Waals surface area contributed by atoms with E-state index in [0.717, 1.165) is 56.1 Å². The number of methoxy groups -OCH3 is 2. The summed E-state index contributed by atoms with van der Waals surface area (Å²) in [6.45, 7) is 2.16. The van der Waals surface area contributed by atoms with Gasteiger partial charge in [-0.15, -0.1) is 0 Å². The van der Waals surface area contributed by atoms with Gasteiger partial charge < -0.3 is 24.7 Å². The molecule has 2 amide bonds. The Morgan fingerprint density at radius 1 is 1.12 bits per heavy atom. The third-order valence-corrected chi connectivity index (χ3v) is 6.53. The van der Waals surface area contributed by atoms with Crippen LogP contribution in [-0.4, -0.2) is 60.5 Å². The lowest BCUT2D eigenvalue weighted by Gasteiger charge is -2.32. The first kappa shape index (κ1) is 23.6. The molecule has 0 saturated carbocycles. The molecule has 0 atom stereocenters. The fraction of sp³-hybridized carbons (Fsp3) is 0.423. The maximum Gasteiger partial charge on any atom is 0.267 e. The molecular weight excluding hydrogens is 432 g/mol. The van der Waals surface area contributed by atoms with Crippen LogP contribution in [0.5, 0.6) is 11.5 Å². The number of carbonyl (C=O) groups excluding carboxylic acids is 2. The van der Waals surface area contributed by atoms with E-state index >= 15 is 0 Å². The summed E-state index contributed by atoms with van der Waals surface area (Å²) in [7, 11) is 3.16. The van der Waals surface area contributed by atoms with Crippen molar-refractivity contribution in [2.75, 3.05) is 33.9 Å². The number of hydrogen-bond acceptors (Lipinski definition) is 5. The standard InChI is InChI=1S/C26H32N4O4/c1-33-20-6-7-21(24(16-20)34-2)26(32)30-13-9-18(10-14-30)5-3-4-11-28-25(31)23-15-19-17-27-12-8-22(19)29-23/h6-8,12,15-18,29H,3-5,9-11,13-14H2,1-2H3,(H,28,31). The summed E-state index contributed by atoms with van der Waals surface area (Å²) in [5, 5.41) is 3.93. The number of aromatic nitrogens is 2. The second-order valence-corrected chi connectivity index (χ2v) is 8.70. The quantitative estimate of drug-likeness (QED) is 0.466. The molecule has 0 spiro atoms. The molecule has 0 aliphatic carbocycles. The summed E-state index contributed by atoms with van der Waals surface area (Å²) >= 11 is 0. The van der Waals surface area contributed by atoms with Crippen molar-refractivity contribution in [2.45, 2.75) is 32.1 Å². The Kier molecular flexibility index (Phi) is 7.67. The van der Waals surface area contributed by atoms with Crippen LogP contribution in [0.1, 0.15) is 53.0 Å². The molecule has 0 unspecified atom stereocenters. The van der Waals surface area contributed by atoms with Gasteiger partial charge in [-0.2, -0.15) is 0 Å². The highest BCUT2D eigenvalue weighted by atomic mass is 16.5. The van der Waals surface area contributed by atoms with E-state index in [9.17, 15) is 9.59 Å². The summed E-state index contributed by atoms with van der Waals surface area (Å²) in [5.74, 6) is 1.74. The number of carbonyl (C=O) groups is 2. The number of benzene rings is 1. The van der Waals surface area contributed by atoms with E-state index in [2.05, 4.69) is 15.3 Å². The van der Waals surface area contributed by atoms with Crippen molar-refractivity contribution < 1.29 is 19.1 Å². The van der Waals surface area contributed by atoms with E-state index in [4.69, 9.17) is 9.47 Å². The minimum absolute atomic E-state index is 0.00780. The van der Waals surface area contributed by atoms with Gasteiger partial charge in [-0.1, -0.05) is 12.8 Å². The smallest absolute Gasteiger partial charge is 0.267 e. The molecule has 3 heterocycles. The van der Waals surface area contributed by atoms with Crippen LogP contribution in [0.15, 0.2) is 42.7 Å². The topological polar surface area (TPSA) is 96.5 Å². The SMILES string of the molecule is COc1ccc(C(=O)N2CCC(CCCCNC(=O)c3cc4cnccc4[nH]3)CC2)c(OC)c1. The fourth-order valence-corrected chi connectivity index (χ4v) is 4.52. The Morgan fingerprint density at radius 2 is 1.94 bits per heavy atom. The zero-order valence-corrected chi connectivity index (χ0v) is 19.8. The second-order valence-electron chi connectivity index (χ2n) is 8.70. The summed E-state index contributed by atoms with van der Waals surface area (Å²) in [5.41, 5.74) is 2.05. The first-order valence-corrected chi connectivity index (χ1v) is 11.8. The third-order valence-electron chi connectivity index (χ3n) is 6.53. The summed E-state index contributed by atoms with van der Waals surface area (Å²) in [4.78, 5) is 34.5. The highest BCUT2D eigenvalue weighted by molar-refractivity contribution is 5.98. The Bertz CT molecular complexity index is 1100. The van der Waals surface area contributed by atoms with Gasteiger partial charge in [0.25, 0.3) is 11.8 Å². The van der Waals surface area contributed by atoms with Gasteiger partial charge in [0, 0.05) is 49.0 Å². The van der Waals surface area contributed by atoms with Crippen LogP contribution in [0, 0.1) is 5.92 Å². The number of ether oxygens (including phenoxy) is 2. The number of nitrogens with zero attached hydrogens (tertiary/aromatic N) is 2. The summed E-state index contributed by atoms with van der Waals surface area (Å²) < 4.78 is 10.6. The van der Waals surface area contributed by atoms with Crippen molar-refractivity contribution in [3.8, 4) is 11.5 Å². The Labute approximate surface area is 199 Å². The zero-order valence-electron chi connectivity index (χ0n) is 19.8. The lowest BCUT2D eigenvalue weighted by Crippen LogP contribution is -2.38. The Balaban J connectivity index is 1.16. The van der Waals surface area contributed by atoms with Gasteiger partial charge in [0.1, 0.15) is 17.2 Å². The van der Waals surface area contributed by atoms with Crippen molar-refractivity contribution in [1.29, 1.82) is 0 Å². The monoisotopic (exact) mass is 464 g/mol. The number of nitrogens with one attached hydrogen (secondary N) is 2. The predicted molar refractivity (Wildman–Crippen MR) is 130 cm³/mol. The molecule has 180 valence electrons. The first-order chi connectivity index (χ1) is 16.6. The number of aromatic amines is 1. The zero-order chi connectivity index (χ0) is 23.9. The normalized spacial score (nSPS) is 14.2. The average Bonchev–Trinajstić information content (AvgIpc) is 3.32. The van der Waals surface area contributed by atoms with Crippen molar-refractivity contribution >= 4 is 22.7 Å². The molecule has 1 saturated heterocycles. The largest absolute Gasteiger partial charge is 0.497 e. The van der Waals surface area contributed by atoms with Gasteiger partial charge in [-0.3, -0.25) is 14.6 Å². The molecule has 1 aromatic carbocycles. The van der Waals surface area contributed by atoms with Crippen LogP contribution >= 0.6 is 0 Å². The molecule has 8 heteroatoms. The highest BCUT2D eigenvalue weighted by Crippen LogP contribution is 2.28. The number of fused-ring (bicyclic) bond motifs is 1. The van der Waals surface area contributed by atoms with Crippen molar-refractivity contribution in [1.82, 2.24) is 20.2 Å². The van der Waals surface area contributed by atoms with E-state index in [1.807, 2.05) is 17.0 Å². The number of hydrogen-bond donors (Lipinski definition) is 2. The molecule has 1 fully saturated rings. The predicted octanol–water partition coefficient (Wildman–Crippen LogP) is 4.03. The molecule has 34 heavy (non-hydrogen) atoms. The third kappa shape index (κ3) is 5.50. The number of H-pyrrole nitrogens is 1. The van der Waals surface area contributed by atoms with Gasteiger partial charge in [0.2, 0.25) is 0 Å². The first-order valence-electron chi connectivity index (χ1n) is 11.8. The van der Waals surface area contributed by atoms with E-state index in [1.165, 1.54) is 0 Å². The Morgan fingerprint density at radius 3 is 2.68 bits per heavy atom. The lowest BCUT2D eigenvalue weighted by molar-refractivity contribution is 0.0682. The maximum atomic E-state index is 13.0. The number of unbranched alkanes of at least 4 members (excludes halogenated alkanes) is 1. The molecular formula is C26H32N4O4.